The van der Waals surface area contributed by atoms with Crippen LogP contribution in [0.1, 0.15) is 0 Å². The van der Waals surface area contributed by atoms with Gasteiger partial charge in [0.05, 0.1) is 0 Å². The second-order valence-electron chi connectivity index (χ2n) is 3.28. The molecule has 0 amide bonds. The molecule has 0 atom stereocenters. The van der Waals surface area contributed by atoms with Crippen molar-refractivity contribution >= 4 is 31.6 Å². The van der Waals surface area contributed by atoms with Gasteiger partial charge in [0, 0.05) is 12.7 Å². The number of sulfonamides is 1. The fourth-order valence-electron chi connectivity index (χ4n) is 1.32. The summed E-state index contributed by atoms with van der Waals surface area (Å²) in [5, 5.41) is 7.25. The minimum Gasteiger partial charge on any atom is -0.278 e. The third kappa shape index (κ3) is 2.47. The van der Waals surface area contributed by atoms with Crippen molar-refractivity contribution in [1.82, 2.24) is 15.0 Å². The molecule has 0 unspecified atom stereocenters. The summed E-state index contributed by atoms with van der Waals surface area (Å²) < 4.78 is 27.9. The van der Waals surface area contributed by atoms with Crippen molar-refractivity contribution in [3.63, 3.8) is 0 Å². The Labute approximate surface area is 107 Å². The Kier molecular flexibility index (Phi) is 3.16. The topological polar surface area (TPSA) is 76.9 Å². The molecule has 0 aliphatic heterocycles. The van der Waals surface area contributed by atoms with E-state index in [1.807, 2.05) is 0 Å². The maximum absolute atomic E-state index is 12.1. The van der Waals surface area contributed by atoms with Gasteiger partial charge in [-0.05, 0) is 28.1 Å². The number of anilines is 1. The second-order valence-corrected chi connectivity index (χ2v) is 5.63. The van der Waals surface area contributed by atoms with Crippen molar-refractivity contribution in [3.05, 3.63) is 34.9 Å². The predicted octanol–water partition coefficient (Wildman–Crippen LogP) is 1.38. The lowest BCUT2D eigenvalue weighted by molar-refractivity contribution is 0.578. The van der Waals surface area contributed by atoms with Crippen molar-refractivity contribution in [1.29, 1.82) is 0 Å². The first kappa shape index (κ1) is 12.1. The number of benzene rings is 1. The number of aryl methyl sites for hydroxylation is 1. The number of rotatable bonds is 3. The SMILES string of the molecule is Cn1nnc(Br)c1S(=O)(=O)Nc1ccccc1. The quantitative estimate of drug-likeness (QED) is 0.928. The highest BCUT2D eigenvalue weighted by atomic mass is 79.9. The smallest absolute Gasteiger partial charge is 0.278 e. The van der Waals surface area contributed by atoms with Gasteiger partial charge in [-0.3, -0.25) is 4.72 Å². The maximum atomic E-state index is 12.1. The Morgan fingerprint density at radius 2 is 1.94 bits per heavy atom. The molecule has 0 aliphatic carbocycles. The van der Waals surface area contributed by atoms with Gasteiger partial charge in [0.2, 0.25) is 5.03 Å². The number of halogens is 1. The number of hydrogen-bond acceptors (Lipinski definition) is 4. The van der Waals surface area contributed by atoms with Crippen molar-refractivity contribution in [2.75, 3.05) is 4.72 Å². The van der Waals surface area contributed by atoms with Gasteiger partial charge >= 0.3 is 0 Å². The first-order valence-electron chi connectivity index (χ1n) is 4.64. The first-order chi connectivity index (χ1) is 8.00. The summed E-state index contributed by atoms with van der Waals surface area (Å²) in [5.74, 6) is 0. The fourth-order valence-corrected chi connectivity index (χ4v) is 3.47. The molecule has 0 fully saturated rings. The van der Waals surface area contributed by atoms with Crippen LogP contribution < -0.4 is 4.72 Å². The molecule has 0 saturated heterocycles. The molecule has 6 nitrogen and oxygen atoms in total. The summed E-state index contributed by atoms with van der Waals surface area (Å²) in [7, 11) is -2.18. The van der Waals surface area contributed by atoms with Crippen LogP contribution in [0.4, 0.5) is 5.69 Å². The minimum atomic E-state index is -3.69. The zero-order valence-corrected chi connectivity index (χ0v) is 11.2. The van der Waals surface area contributed by atoms with Crippen LogP contribution in [0, 0.1) is 0 Å². The minimum absolute atomic E-state index is 0.0126. The summed E-state index contributed by atoms with van der Waals surface area (Å²) in [4.78, 5) is 0. The van der Waals surface area contributed by atoms with E-state index in [2.05, 4.69) is 31.0 Å². The van der Waals surface area contributed by atoms with E-state index in [1.54, 1.807) is 30.3 Å². The van der Waals surface area contributed by atoms with Gasteiger partial charge in [-0.25, -0.2) is 4.68 Å². The zero-order chi connectivity index (χ0) is 12.5. The normalized spacial score (nSPS) is 11.4. The average Bonchev–Trinajstić information content (AvgIpc) is 2.59. The van der Waals surface area contributed by atoms with E-state index < -0.39 is 10.0 Å². The third-order valence-electron chi connectivity index (χ3n) is 2.02. The van der Waals surface area contributed by atoms with Crippen LogP contribution in [-0.2, 0) is 17.1 Å². The third-order valence-corrected chi connectivity index (χ3v) is 4.29. The van der Waals surface area contributed by atoms with Crippen LogP contribution in [0.25, 0.3) is 0 Å². The molecule has 0 aliphatic rings. The van der Waals surface area contributed by atoms with E-state index in [9.17, 15) is 8.42 Å². The summed E-state index contributed by atoms with van der Waals surface area (Å²) in [6.45, 7) is 0. The van der Waals surface area contributed by atoms with Crippen LogP contribution in [0.3, 0.4) is 0 Å². The highest BCUT2D eigenvalue weighted by Crippen LogP contribution is 2.20. The molecular formula is C9H9BrN4O2S. The molecule has 2 aromatic rings. The lowest BCUT2D eigenvalue weighted by atomic mass is 10.3. The summed E-state index contributed by atoms with van der Waals surface area (Å²) in [6.07, 6.45) is 0. The number of hydrogen-bond donors (Lipinski definition) is 1. The fraction of sp³-hybridized carbons (Fsp3) is 0.111. The Hall–Kier alpha value is -1.41. The van der Waals surface area contributed by atoms with Crippen LogP contribution in [0.2, 0.25) is 0 Å². The summed E-state index contributed by atoms with van der Waals surface area (Å²) in [5.41, 5.74) is 0.487. The van der Waals surface area contributed by atoms with Gasteiger partial charge in [-0.1, -0.05) is 23.4 Å². The molecule has 0 bridgehead atoms. The van der Waals surface area contributed by atoms with Crippen LogP contribution in [0.5, 0.6) is 0 Å². The standard InChI is InChI=1S/C9H9BrN4O2S/c1-14-9(8(10)11-13-14)17(15,16)12-7-5-3-2-4-6-7/h2-6,12H,1H3. The van der Waals surface area contributed by atoms with Crippen LogP contribution >= 0.6 is 15.9 Å². The molecule has 90 valence electrons. The molecule has 1 aromatic heterocycles. The van der Waals surface area contributed by atoms with Crippen molar-refractivity contribution in [3.8, 4) is 0 Å². The molecule has 1 heterocycles. The Bertz CT molecular complexity index is 604. The molecule has 1 aromatic carbocycles. The van der Waals surface area contributed by atoms with Gasteiger partial charge in [-0.15, -0.1) is 5.10 Å². The molecule has 0 radical (unpaired) electrons. The Morgan fingerprint density at radius 3 is 2.47 bits per heavy atom. The maximum Gasteiger partial charge on any atom is 0.281 e. The zero-order valence-electron chi connectivity index (χ0n) is 8.83. The first-order valence-corrected chi connectivity index (χ1v) is 6.91. The second kappa shape index (κ2) is 4.46. The molecule has 0 saturated carbocycles. The summed E-state index contributed by atoms with van der Waals surface area (Å²) in [6, 6.07) is 8.62. The largest absolute Gasteiger partial charge is 0.281 e. The Balaban J connectivity index is 2.39. The lowest BCUT2D eigenvalue weighted by Gasteiger charge is -2.07. The van der Waals surface area contributed by atoms with Gasteiger partial charge in [0.15, 0.2) is 4.60 Å². The van der Waals surface area contributed by atoms with Crippen molar-refractivity contribution < 1.29 is 8.42 Å². The van der Waals surface area contributed by atoms with Crippen LogP contribution in [0.15, 0.2) is 40.0 Å². The number of nitrogens with one attached hydrogen (secondary N) is 1. The van der Waals surface area contributed by atoms with Crippen molar-refractivity contribution in [2.24, 2.45) is 7.05 Å². The van der Waals surface area contributed by atoms with E-state index >= 15 is 0 Å². The van der Waals surface area contributed by atoms with Gasteiger partial charge < -0.3 is 0 Å². The van der Waals surface area contributed by atoms with Gasteiger partial charge in [-0.2, -0.15) is 8.42 Å². The number of aromatic nitrogens is 3. The monoisotopic (exact) mass is 316 g/mol. The van der Waals surface area contributed by atoms with Crippen molar-refractivity contribution in [2.45, 2.75) is 5.03 Å². The van der Waals surface area contributed by atoms with Gasteiger partial charge in [0.25, 0.3) is 10.0 Å². The molecular weight excluding hydrogens is 308 g/mol. The van der Waals surface area contributed by atoms with E-state index in [-0.39, 0.29) is 9.63 Å². The molecule has 8 heteroatoms. The average molecular weight is 317 g/mol. The number of para-hydroxylation sites is 1. The van der Waals surface area contributed by atoms with E-state index in [0.717, 1.165) is 0 Å². The molecule has 1 N–H and O–H groups in total. The Morgan fingerprint density at radius 1 is 1.29 bits per heavy atom. The predicted molar refractivity (Wildman–Crippen MR) is 66.0 cm³/mol. The van der Waals surface area contributed by atoms with E-state index in [0.29, 0.717) is 5.69 Å². The molecule has 2 rings (SSSR count). The summed E-state index contributed by atoms with van der Waals surface area (Å²) >= 11 is 3.05. The number of nitrogens with zero attached hydrogens (tertiary/aromatic N) is 3. The van der Waals surface area contributed by atoms with E-state index in [4.69, 9.17) is 0 Å². The highest BCUT2D eigenvalue weighted by Gasteiger charge is 2.23. The molecule has 17 heavy (non-hydrogen) atoms. The van der Waals surface area contributed by atoms with Crippen LogP contribution in [-0.4, -0.2) is 23.4 Å². The molecule has 0 spiro atoms. The van der Waals surface area contributed by atoms with Gasteiger partial charge in [0.1, 0.15) is 0 Å². The van der Waals surface area contributed by atoms with E-state index in [1.165, 1.54) is 11.7 Å². The highest BCUT2D eigenvalue weighted by molar-refractivity contribution is 9.10. The lowest BCUT2D eigenvalue weighted by Crippen LogP contribution is -2.17.